The van der Waals surface area contributed by atoms with Crippen LogP contribution >= 0.6 is 63.7 Å². The Balaban J connectivity index is 2.96. The summed E-state index contributed by atoms with van der Waals surface area (Å²) in [5.41, 5.74) is 1.79. The molecule has 0 radical (unpaired) electrons. The van der Waals surface area contributed by atoms with Crippen molar-refractivity contribution < 1.29 is 28.5 Å². The van der Waals surface area contributed by atoms with Gasteiger partial charge < -0.3 is 18.9 Å². The first-order valence-corrected chi connectivity index (χ1v) is 11.9. The normalized spacial score (nSPS) is 10.6. The second-order valence-corrected chi connectivity index (χ2v) is 9.47. The Morgan fingerprint density at radius 3 is 1.30 bits per heavy atom. The minimum absolute atomic E-state index is 0.0209. The van der Waals surface area contributed by atoms with Crippen LogP contribution in [0.3, 0.4) is 0 Å². The molecule has 0 aliphatic heterocycles. The lowest BCUT2D eigenvalue weighted by Crippen LogP contribution is -2.19. The minimum atomic E-state index is -0.694. The van der Waals surface area contributed by atoms with Gasteiger partial charge in [-0.05, 0) is 77.6 Å². The topological polar surface area (TPSA) is 71.1 Å². The van der Waals surface area contributed by atoms with E-state index in [1.165, 1.54) is 0 Å². The van der Waals surface area contributed by atoms with Crippen LogP contribution in [0.5, 0.6) is 0 Å². The zero-order valence-electron chi connectivity index (χ0n) is 16.6. The number of ether oxygens (including phenoxy) is 4. The number of carbonyl (C=O) groups is 2. The van der Waals surface area contributed by atoms with Gasteiger partial charge in [-0.3, -0.25) is 0 Å². The van der Waals surface area contributed by atoms with E-state index in [1.807, 2.05) is 13.8 Å². The number of rotatable bonds is 12. The molecule has 10 heteroatoms. The van der Waals surface area contributed by atoms with E-state index in [-0.39, 0.29) is 37.6 Å². The number of benzene rings is 1. The zero-order chi connectivity index (χ0) is 22.8. The molecule has 0 spiro atoms. The fourth-order valence-electron chi connectivity index (χ4n) is 2.04. The van der Waals surface area contributed by atoms with Gasteiger partial charge in [0.05, 0.1) is 37.6 Å². The molecule has 0 unspecified atom stereocenters. The summed E-state index contributed by atoms with van der Waals surface area (Å²) >= 11 is 13.5. The molecule has 6 nitrogen and oxygen atoms in total. The lowest BCUT2D eigenvalue weighted by atomic mass is 10.1. The highest BCUT2D eigenvalue weighted by Crippen LogP contribution is 2.42. The summed E-state index contributed by atoms with van der Waals surface area (Å²) < 4.78 is 23.0. The third kappa shape index (κ3) is 8.55. The molecule has 0 N–H and O–H groups in total. The van der Waals surface area contributed by atoms with Gasteiger partial charge in [0.2, 0.25) is 0 Å². The number of halogens is 4. The van der Waals surface area contributed by atoms with E-state index in [0.29, 0.717) is 31.1 Å². The predicted molar refractivity (Wildman–Crippen MR) is 129 cm³/mol. The van der Waals surface area contributed by atoms with Gasteiger partial charge in [0.15, 0.2) is 0 Å². The number of hydrogen-bond donors (Lipinski definition) is 0. The maximum atomic E-state index is 12.7. The fourth-order valence-corrected chi connectivity index (χ4v) is 4.48. The third-order valence-corrected chi connectivity index (χ3v) is 8.06. The molecule has 0 aliphatic rings. The number of carbonyl (C=O) groups excluding carboxylic acids is 2. The number of esters is 2. The monoisotopic (exact) mass is 674 g/mol. The molecule has 1 rings (SSSR count). The van der Waals surface area contributed by atoms with Crippen molar-refractivity contribution in [2.75, 3.05) is 39.6 Å². The Labute approximate surface area is 209 Å². The average molecular weight is 678 g/mol. The number of hydrogen-bond acceptors (Lipinski definition) is 6. The first kappa shape index (κ1) is 27.5. The van der Waals surface area contributed by atoms with E-state index in [0.717, 1.165) is 11.1 Å². The van der Waals surface area contributed by atoms with Crippen LogP contribution in [0.25, 0.3) is 0 Å². The molecule has 0 saturated carbocycles. The first-order valence-electron chi connectivity index (χ1n) is 8.72. The Morgan fingerprint density at radius 1 is 0.667 bits per heavy atom. The van der Waals surface area contributed by atoms with Crippen LogP contribution in [0.2, 0.25) is 0 Å². The van der Waals surface area contributed by atoms with Gasteiger partial charge in [-0.25, -0.2) is 9.59 Å². The molecule has 1 aromatic carbocycles. The second-order valence-electron chi connectivity index (χ2n) is 6.30. The van der Waals surface area contributed by atoms with Crippen molar-refractivity contribution in [1.82, 2.24) is 0 Å². The second kappa shape index (κ2) is 13.8. The van der Waals surface area contributed by atoms with Crippen molar-refractivity contribution >= 4 is 75.7 Å². The molecule has 0 aliphatic carbocycles. The van der Waals surface area contributed by atoms with Crippen molar-refractivity contribution in [1.29, 1.82) is 0 Å². The SMILES string of the molecule is C=C(C)COCCOC(=O)c1c(Br)c(Br)c(Br)c(Br)c1C(=O)OCCOCC(=C)C. The van der Waals surface area contributed by atoms with Crippen molar-refractivity contribution in [3.05, 3.63) is 53.3 Å². The summed E-state index contributed by atoms with van der Waals surface area (Å²) in [4.78, 5) is 25.5. The van der Waals surface area contributed by atoms with Crippen molar-refractivity contribution in [2.24, 2.45) is 0 Å². The van der Waals surface area contributed by atoms with Crippen LogP contribution < -0.4 is 0 Å². The molecular formula is C20H22Br4O6. The summed E-state index contributed by atoms with van der Waals surface area (Å²) in [6.45, 7) is 12.3. The van der Waals surface area contributed by atoms with Gasteiger partial charge in [-0.15, -0.1) is 0 Å². The minimum Gasteiger partial charge on any atom is -0.460 e. The summed E-state index contributed by atoms with van der Waals surface area (Å²) in [6.07, 6.45) is 0. The molecule has 0 amide bonds. The Kier molecular flexibility index (Phi) is 12.7. The van der Waals surface area contributed by atoms with Gasteiger partial charge in [0.1, 0.15) is 13.2 Å². The predicted octanol–water partition coefficient (Wildman–Crippen LogP) is 6.24. The lowest BCUT2D eigenvalue weighted by molar-refractivity contribution is 0.0305. The van der Waals surface area contributed by atoms with E-state index < -0.39 is 11.9 Å². The molecule has 30 heavy (non-hydrogen) atoms. The summed E-state index contributed by atoms with van der Waals surface area (Å²) in [5, 5.41) is 0. The Morgan fingerprint density at radius 2 is 1.00 bits per heavy atom. The maximum absolute atomic E-state index is 12.7. The average Bonchev–Trinajstić information content (AvgIpc) is 2.67. The van der Waals surface area contributed by atoms with Crippen molar-refractivity contribution in [3.8, 4) is 0 Å². The smallest absolute Gasteiger partial charge is 0.340 e. The van der Waals surface area contributed by atoms with Crippen LogP contribution in [0, 0.1) is 0 Å². The molecule has 0 saturated heterocycles. The largest absolute Gasteiger partial charge is 0.460 e. The molecule has 0 fully saturated rings. The van der Waals surface area contributed by atoms with E-state index in [4.69, 9.17) is 18.9 Å². The van der Waals surface area contributed by atoms with Crippen LogP contribution in [0.4, 0.5) is 0 Å². The van der Waals surface area contributed by atoms with Gasteiger partial charge in [0.25, 0.3) is 0 Å². The highest BCUT2D eigenvalue weighted by Gasteiger charge is 2.30. The quantitative estimate of drug-likeness (QED) is 0.0859. The van der Waals surface area contributed by atoms with Gasteiger partial charge >= 0.3 is 11.9 Å². The van der Waals surface area contributed by atoms with Crippen LogP contribution in [-0.2, 0) is 18.9 Å². The molecule has 166 valence electrons. The molecule has 0 heterocycles. The highest BCUT2D eigenvalue weighted by atomic mass is 79.9. The van der Waals surface area contributed by atoms with Crippen LogP contribution in [-0.4, -0.2) is 51.6 Å². The van der Waals surface area contributed by atoms with E-state index >= 15 is 0 Å². The lowest BCUT2D eigenvalue weighted by Gasteiger charge is -2.16. The maximum Gasteiger partial charge on any atom is 0.340 e. The molecule has 0 atom stereocenters. The van der Waals surface area contributed by atoms with E-state index in [2.05, 4.69) is 76.9 Å². The summed E-state index contributed by atoms with van der Waals surface area (Å²) in [5.74, 6) is -1.39. The fraction of sp³-hybridized carbons (Fsp3) is 0.400. The molecular weight excluding hydrogens is 656 g/mol. The summed E-state index contributed by atoms with van der Waals surface area (Å²) in [7, 11) is 0. The van der Waals surface area contributed by atoms with E-state index in [9.17, 15) is 9.59 Å². The van der Waals surface area contributed by atoms with Crippen LogP contribution in [0.15, 0.2) is 42.2 Å². The Hall–Kier alpha value is -0.520. The van der Waals surface area contributed by atoms with Gasteiger partial charge in [-0.2, -0.15) is 0 Å². The Bertz CT molecular complexity index is 755. The van der Waals surface area contributed by atoms with Crippen molar-refractivity contribution in [2.45, 2.75) is 13.8 Å². The van der Waals surface area contributed by atoms with Crippen molar-refractivity contribution in [3.63, 3.8) is 0 Å². The highest BCUT2D eigenvalue weighted by molar-refractivity contribution is 9.15. The molecule has 0 bridgehead atoms. The van der Waals surface area contributed by atoms with E-state index in [1.54, 1.807) is 0 Å². The molecule has 0 aromatic heterocycles. The third-order valence-electron chi connectivity index (χ3n) is 3.29. The van der Waals surface area contributed by atoms with Gasteiger partial charge in [-0.1, -0.05) is 24.3 Å². The first-order chi connectivity index (χ1) is 14.1. The zero-order valence-corrected chi connectivity index (χ0v) is 23.0. The van der Waals surface area contributed by atoms with Crippen LogP contribution in [0.1, 0.15) is 34.6 Å². The molecule has 1 aromatic rings. The van der Waals surface area contributed by atoms with Gasteiger partial charge in [0, 0.05) is 17.9 Å². The standard InChI is InChI=1S/C20H22Br4O6/c1-11(2)9-27-5-7-29-19(25)13-14(16(22)18(24)17(23)15(13)21)20(26)30-8-6-28-10-12(3)4/h1,3,5-10H2,2,4H3. The summed E-state index contributed by atoms with van der Waals surface area (Å²) in [6, 6.07) is 0.